The van der Waals surface area contributed by atoms with E-state index >= 15 is 0 Å². The number of hydrogen-bond acceptors (Lipinski definition) is 1. The second kappa shape index (κ2) is 10.9. The quantitative estimate of drug-likeness (QED) is 0.186. The van der Waals surface area contributed by atoms with Crippen LogP contribution in [0.4, 0.5) is 0 Å². The Balaban J connectivity index is 1.29. The highest BCUT2D eigenvalue weighted by molar-refractivity contribution is 6.22. The molecule has 0 saturated heterocycles. The number of hydrogen-bond donors (Lipinski definition) is 0. The van der Waals surface area contributed by atoms with Gasteiger partial charge in [-0.25, -0.2) is 0 Å². The van der Waals surface area contributed by atoms with Crippen molar-refractivity contribution in [2.75, 3.05) is 0 Å². The molecule has 0 aliphatic heterocycles. The molecule has 1 heterocycles. The lowest BCUT2D eigenvalue weighted by Gasteiger charge is -2.20. The normalized spacial score (nSPS) is 11.4. The van der Waals surface area contributed by atoms with Crippen molar-refractivity contribution >= 4 is 43.4 Å². The van der Waals surface area contributed by atoms with E-state index in [0.29, 0.717) is 5.56 Å². The van der Waals surface area contributed by atoms with E-state index in [1.807, 2.05) is 12.1 Å². The smallest absolute Gasteiger partial charge is 0.0991 e. The SMILES string of the molecule is N#Cc1ccc(-c2c3ccccc3c(-c3ccccc3)c3ccccc23)c(-c2ccc(-n3c4ccccc4c4ccccc43)cc2)c1. The topological polar surface area (TPSA) is 28.7 Å². The van der Waals surface area contributed by atoms with Gasteiger partial charge in [-0.05, 0) is 91.3 Å². The molecule has 0 N–H and O–H groups in total. The molecule has 2 nitrogen and oxygen atoms in total. The van der Waals surface area contributed by atoms with E-state index in [2.05, 4.69) is 168 Å². The summed E-state index contributed by atoms with van der Waals surface area (Å²) in [6.45, 7) is 0. The molecular weight excluding hydrogens is 569 g/mol. The van der Waals surface area contributed by atoms with Gasteiger partial charge >= 0.3 is 0 Å². The number of para-hydroxylation sites is 2. The molecular formula is C45H28N2. The molecule has 8 aromatic carbocycles. The van der Waals surface area contributed by atoms with Crippen molar-refractivity contribution in [1.29, 1.82) is 5.26 Å². The molecule has 0 atom stereocenters. The highest BCUT2D eigenvalue weighted by Crippen LogP contribution is 2.46. The molecule has 0 radical (unpaired) electrons. The molecule has 9 rings (SSSR count). The second-order valence-corrected chi connectivity index (χ2v) is 12.0. The Bertz CT molecular complexity index is 2560. The fourth-order valence-corrected chi connectivity index (χ4v) is 7.40. The van der Waals surface area contributed by atoms with Gasteiger partial charge in [-0.1, -0.05) is 133 Å². The molecule has 218 valence electrons. The predicted molar refractivity (Wildman–Crippen MR) is 197 cm³/mol. The summed E-state index contributed by atoms with van der Waals surface area (Å²) in [5.41, 5.74) is 11.0. The molecule has 0 bridgehead atoms. The zero-order valence-corrected chi connectivity index (χ0v) is 25.6. The van der Waals surface area contributed by atoms with E-state index in [1.165, 1.54) is 60.0 Å². The van der Waals surface area contributed by atoms with Gasteiger partial charge in [0.2, 0.25) is 0 Å². The Morgan fingerprint density at radius 3 is 1.43 bits per heavy atom. The molecule has 0 unspecified atom stereocenters. The van der Waals surface area contributed by atoms with Crippen LogP contribution in [-0.4, -0.2) is 4.57 Å². The average Bonchev–Trinajstić information content (AvgIpc) is 3.48. The van der Waals surface area contributed by atoms with Crippen LogP contribution in [-0.2, 0) is 0 Å². The first-order valence-electron chi connectivity index (χ1n) is 15.9. The lowest BCUT2D eigenvalue weighted by molar-refractivity contribution is 1.18. The highest BCUT2D eigenvalue weighted by Gasteiger charge is 2.19. The minimum absolute atomic E-state index is 0.643. The molecule has 0 fully saturated rings. The highest BCUT2D eigenvalue weighted by atomic mass is 15.0. The van der Waals surface area contributed by atoms with E-state index < -0.39 is 0 Å². The fraction of sp³-hybridized carbons (Fsp3) is 0. The van der Waals surface area contributed by atoms with Gasteiger partial charge in [0.05, 0.1) is 22.7 Å². The number of fused-ring (bicyclic) bond motifs is 5. The maximum absolute atomic E-state index is 9.99. The van der Waals surface area contributed by atoms with Crippen LogP contribution in [0.2, 0.25) is 0 Å². The van der Waals surface area contributed by atoms with Crippen LogP contribution < -0.4 is 0 Å². The summed E-state index contributed by atoms with van der Waals surface area (Å²) < 4.78 is 2.34. The Kier molecular flexibility index (Phi) is 6.23. The lowest BCUT2D eigenvalue weighted by Crippen LogP contribution is -1.95. The number of rotatable bonds is 4. The molecule has 0 amide bonds. The first-order chi connectivity index (χ1) is 23.3. The largest absolute Gasteiger partial charge is 0.309 e. The van der Waals surface area contributed by atoms with Crippen LogP contribution in [0, 0.1) is 11.3 Å². The minimum Gasteiger partial charge on any atom is -0.309 e. The Morgan fingerprint density at radius 1 is 0.383 bits per heavy atom. The fourth-order valence-electron chi connectivity index (χ4n) is 7.40. The van der Waals surface area contributed by atoms with Crippen molar-refractivity contribution in [3.05, 3.63) is 175 Å². The maximum atomic E-state index is 9.99. The van der Waals surface area contributed by atoms with Gasteiger partial charge in [0.1, 0.15) is 0 Å². The van der Waals surface area contributed by atoms with Crippen molar-refractivity contribution in [2.45, 2.75) is 0 Å². The van der Waals surface area contributed by atoms with Gasteiger partial charge in [0.25, 0.3) is 0 Å². The molecule has 47 heavy (non-hydrogen) atoms. The van der Waals surface area contributed by atoms with Crippen LogP contribution in [0.25, 0.3) is 82.4 Å². The number of benzene rings is 8. The average molecular weight is 597 g/mol. The van der Waals surface area contributed by atoms with Gasteiger partial charge in [0, 0.05) is 16.5 Å². The summed E-state index contributed by atoms with van der Waals surface area (Å²) in [5, 5.41) is 17.3. The summed E-state index contributed by atoms with van der Waals surface area (Å²) in [6, 6.07) is 62.6. The second-order valence-electron chi connectivity index (χ2n) is 12.0. The molecule has 0 spiro atoms. The van der Waals surface area contributed by atoms with Crippen LogP contribution in [0.15, 0.2) is 170 Å². The van der Waals surface area contributed by atoms with Gasteiger partial charge in [-0.3, -0.25) is 0 Å². The van der Waals surface area contributed by atoms with E-state index in [0.717, 1.165) is 22.4 Å². The van der Waals surface area contributed by atoms with E-state index in [-0.39, 0.29) is 0 Å². The van der Waals surface area contributed by atoms with Crippen LogP contribution in [0.1, 0.15) is 5.56 Å². The summed E-state index contributed by atoms with van der Waals surface area (Å²) in [7, 11) is 0. The van der Waals surface area contributed by atoms with Crippen LogP contribution in [0.3, 0.4) is 0 Å². The maximum Gasteiger partial charge on any atom is 0.0991 e. The monoisotopic (exact) mass is 596 g/mol. The summed E-state index contributed by atoms with van der Waals surface area (Å²) in [6.07, 6.45) is 0. The Morgan fingerprint density at radius 2 is 0.872 bits per heavy atom. The number of nitrogens with zero attached hydrogens (tertiary/aromatic N) is 2. The molecule has 0 aliphatic carbocycles. The third kappa shape index (κ3) is 4.26. The third-order valence-electron chi connectivity index (χ3n) is 9.43. The standard InChI is InChI=1S/C45H28N2/c46-29-30-22-27-40(45-38-18-6-4-16-36(38)44(32-12-2-1-3-13-32)37-17-5-7-19-39(37)45)41(28-30)31-23-25-33(26-24-31)47-42-20-10-8-14-34(42)35-15-9-11-21-43(35)47/h1-28H. The van der Waals surface area contributed by atoms with Gasteiger partial charge in [-0.2, -0.15) is 5.26 Å². The Hall–Kier alpha value is -6.43. The first kappa shape index (κ1) is 26.9. The van der Waals surface area contributed by atoms with Gasteiger partial charge in [0.15, 0.2) is 0 Å². The van der Waals surface area contributed by atoms with E-state index in [9.17, 15) is 5.26 Å². The minimum atomic E-state index is 0.643. The van der Waals surface area contributed by atoms with Crippen molar-refractivity contribution in [2.24, 2.45) is 0 Å². The van der Waals surface area contributed by atoms with Crippen molar-refractivity contribution in [3.8, 4) is 45.1 Å². The number of aromatic nitrogens is 1. The van der Waals surface area contributed by atoms with Crippen molar-refractivity contribution in [3.63, 3.8) is 0 Å². The zero-order chi connectivity index (χ0) is 31.3. The zero-order valence-electron chi connectivity index (χ0n) is 25.6. The van der Waals surface area contributed by atoms with Crippen LogP contribution in [0.5, 0.6) is 0 Å². The van der Waals surface area contributed by atoms with Crippen molar-refractivity contribution < 1.29 is 0 Å². The third-order valence-corrected chi connectivity index (χ3v) is 9.43. The molecule has 1 aromatic heterocycles. The van der Waals surface area contributed by atoms with Crippen molar-refractivity contribution in [1.82, 2.24) is 4.57 Å². The summed E-state index contributed by atoms with van der Waals surface area (Å²) in [4.78, 5) is 0. The molecule has 0 saturated carbocycles. The first-order valence-corrected chi connectivity index (χ1v) is 15.9. The van der Waals surface area contributed by atoms with Gasteiger partial charge in [-0.15, -0.1) is 0 Å². The summed E-state index contributed by atoms with van der Waals surface area (Å²) in [5.74, 6) is 0. The molecule has 2 heteroatoms. The molecule has 0 aliphatic rings. The van der Waals surface area contributed by atoms with E-state index in [1.54, 1.807) is 0 Å². The molecule has 9 aromatic rings. The van der Waals surface area contributed by atoms with Crippen LogP contribution >= 0.6 is 0 Å². The van der Waals surface area contributed by atoms with Gasteiger partial charge < -0.3 is 4.57 Å². The number of nitriles is 1. The predicted octanol–water partition coefficient (Wildman–Crippen LogP) is 12.0. The summed E-state index contributed by atoms with van der Waals surface area (Å²) >= 11 is 0. The lowest BCUT2D eigenvalue weighted by atomic mass is 9.83. The Labute approximate surface area is 273 Å². The van der Waals surface area contributed by atoms with E-state index in [4.69, 9.17) is 0 Å².